The van der Waals surface area contributed by atoms with Gasteiger partial charge in [0.15, 0.2) is 12.1 Å². The number of aliphatic hydroxyl groups excluding tert-OH is 2. The van der Waals surface area contributed by atoms with Crippen LogP contribution in [0, 0.1) is 17.8 Å². The molecule has 14 atom stereocenters. The molecule has 0 radical (unpaired) electrons. The lowest BCUT2D eigenvalue weighted by Gasteiger charge is -2.44. The van der Waals surface area contributed by atoms with E-state index in [0.717, 1.165) is 0 Å². The zero-order valence-electron chi connectivity index (χ0n) is 26.9. The Balaban J connectivity index is 2.03. The second-order valence-corrected chi connectivity index (χ2v) is 13.8. The molecule has 0 aliphatic carbocycles. The highest BCUT2D eigenvalue weighted by atomic mass is 16.7. The van der Waals surface area contributed by atoms with E-state index >= 15 is 0 Å². The number of carbonyl (C=O) groups excluding carboxylic acids is 1. The Bertz CT molecular complexity index is 905. The number of esters is 1. The minimum Gasteiger partial charge on any atom is -0.459 e. The normalized spacial score (nSPS) is 50.9. The van der Waals surface area contributed by atoms with Crippen LogP contribution in [0.2, 0.25) is 0 Å². The van der Waals surface area contributed by atoms with Gasteiger partial charge in [-0.2, -0.15) is 0 Å². The second-order valence-electron chi connectivity index (χ2n) is 13.8. The van der Waals surface area contributed by atoms with E-state index in [1.54, 1.807) is 20.8 Å². The Morgan fingerprint density at radius 3 is 2.27 bits per heavy atom. The summed E-state index contributed by atoms with van der Waals surface area (Å²) in [5.74, 6) is -4.56. The maximum Gasteiger partial charge on any atom is 0.314 e. The summed E-state index contributed by atoms with van der Waals surface area (Å²) in [6.45, 7) is 14.8. The van der Waals surface area contributed by atoms with E-state index in [1.165, 1.54) is 6.92 Å². The number of likely N-dealkylation sites (N-methyl/N-ethyl adjacent to an activating group) is 2. The number of hydrogen-bond donors (Lipinski definition) is 4. The molecule has 0 aromatic rings. The molecule has 0 saturated carbocycles. The molecule has 3 saturated heterocycles. The van der Waals surface area contributed by atoms with Gasteiger partial charge >= 0.3 is 5.97 Å². The van der Waals surface area contributed by atoms with E-state index in [9.17, 15) is 25.2 Å². The number of fused-ring (bicyclic) bond motifs is 2. The van der Waals surface area contributed by atoms with E-state index in [4.69, 9.17) is 18.9 Å². The molecule has 0 aromatic heterocycles. The highest BCUT2D eigenvalue weighted by Gasteiger charge is 2.64. The van der Waals surface area contributed by atoms with Crippen LogP contribution < -0.4 is 0 Å². The van der Waals surface area contributed by atoms with Crippen LogP contribution in [0.25, 0.3) is 0 Å². The molecule has 2 unspecified atom stereocenters. The number of hydrogen-bond acceptors (Lipinski definition) is 11. The molecule has 11 heteroatoms. The van der Waals surface area contributed by atoms with Crippen LogP contribution >= 0.6 is 0 Å². The molecule has 0 amide bonds. The standard InChI is InChI=1S/C30H56N2O9/c1-12-22-29(8,36)24(34)20(6)32(11)15-16(2)14-28(7)25(18(4)30(37,41-28)19(5)26(35)39-22)40-27-23(33)21(31(9)10)13-17(3)38-27/h16-25,27,33-34,36-37H,12-15H2,1-11H3/t16-,17-,18-,19+,20-,21?,22-,23-,24-,25-,27+,28-,29-,30?/m1/s1. The fourth-order valence-corrected chi connectivity index (χ4v) is 7.33. The molecule has 3 heterocycles. The van der Waals surface area contributed by atoms with E-state index in [0.29, 0.717) is 19.4 Å². The van der Waals surface area contributed by atoms with Crippen molar-refractivity contribution < 1.29 is 44.2 Å². The number of carbonyl (C=O) groups is 1. The number of aliphatic hydroxyl groups is 4. The van der Waals surface area contributed by atoms with Crippen LogP contribution in [0.3, 0.4) is 0 Å². The first-order valence-electron chi connectivity index (χ1n) is 15.2. The molecule has 3 aliphatic rings. The molecular formula is C30H56N2O9. The SMILES string of the molecule is CC[C@H]1OC(=O)[C@H](C)C2(O)O[C@](C)(C[C@@H](C)CN(C)[C@H](C)[C@@H](O)[C@]1(C)O)[C@H](O[C@@H]1O[C@H](C)CC(N(C)C)[C@H]1O)[C@H]2C. The monoisotopic (exact) mass is 588 g/mol. The number of cyclic esters (lactones) is 1. The maximum absolute atomic E-state index is 13.5. The van der Waals surface area contributed by atoms with Gasteiger partial charge in [-0.3, -0.25) is 4.79 Å². The summed E-state index contributed by atoms with van der Waals surface area (Å²) < 4.78 is 24.9. The van der Waals surface area contributed by atoms with Crippen molar-refractivity contribution in [3.8, 4) is 0 Å². The predicted molar refractivity (Wildman–Crippen MR) is 153 cm³/mol. The molecule has 240 valence electrons. The van der Waals surface area contributed by atoms with Crippen molar-refractivity contribution in [2.24, 2.45) is 17.8 Å². The van der Waals surface area contributed by atoms with Gasteiger partial charge in [-0.05, 0) is 80.9 Å². The van der Waals surface area contributed by atoms with Crippen LogP contribution in [0.5, 0.6) is 0 Å². The minimum atomic E-state index is -1.96. The third kappa shape index (κ3) is 6.63. The second kappa shape index (κ2) is 12.6. The number of nitrogens with zero attached hydrogens (tertiary/aromatic N) is 2. The van der Waals surface area contributed by atoms with Crippen LogP contribution in [0.1, 0.15) is 74.7 Å². The Kier molecular flexibility index (Phi) is 10.6. The summed E-state index contributed by atoms with van der Waals surface area (Å²) >= 11 is 0. The molecule has 4 N–H and O–H groups in total. The molecule has 11 nitrogen and oxygen atoms in total. The number of rotatable bonds is 4. The van der Waals surface area contributed by atoms with E-state index in [1.807, 2.05) is 51.7 Å². The Labute approximate surface area is 246 Å². The van der Waals surface area contributed by atoms with Gasteiger partial charge in [-0.25, -0.2) is 0 Å². The molecule has 2 bridgehead atoms. The lowest BCUT2D eigenvalue weighted by Crippen LogP contribution is -2.59. The lowest BCUT2D eigenvalue weighted by molar-refractivity contribution is -0.286. The van der Waals surface area contributed by atoms with Crippen molar-refractivity contribution in [1.82, 2.24) is 9.80 Å². The zero-order valence-corrected chi connectivity index (χ0v) is 26.9. The fraction of sp³-hybridized carbons (Fsp3) is 0.967. The summed E-state index contributed by atoms with van der Waals surface area (Å²) in [6.07, 6.45) is -3.65. The predicted octanol–water partition coefficient (Wildman–Crippen LogP) is 1.34. The van der Waals surface area contributed by atoms with Crippen molar-refractivity contribution in [2.45, 2.75) is 141 Å². The van der Waals surface area contributed by atoms with Crippen LogP contribution in [-0.2, 0) is 23.7 Å². The molecule has 3 rings (SSSR count). The summed E-state index contributed by atoms with van der Waals surface area (Å²) in [4.78, 5) is 17.5. The van der Waals surface area contributed by atoms with Crippen LogP contribution in [-0.4, -0.2) is 130 Å². The van der Waals surface area contributed by atoms with Crippen LogP contribution in [0.4, 0.5) is 0 Å². The van der Waals surface area contributed by atoms with Gasteiger partial charge in [-0.15, -0.1) is 0 Å². The molecular weight excluding hydrogens is 532 g/mol. The average molecular weight is 589 g/mol. The van der Waals surface area contributed by atoms with Crippen molar-refractivity contribution in [3.05, 3.63) is 0 Å². The Morgan fingerprint density at radius 2 is 1.71 bits per heavy atom. The Hall–Kier alpha value is -0.890. The highest BCUT2D eigenvalue weighted by molar-refractivity contribution is 5.73. The first-order valence-corrected chi connectivity index (χ1v) is 15.2. The Morgan fingerprint density at radius 1 is 1.10 bits per heavy atom. The first kappa shape index (κ1) is 34.6. The van der Waals surface area contributed by atoms with E-state index in [2.05, 4.69) is 6.92 Å². The van der Waals surface area contributed by atoms with Crippen LogP contribution in [0.15, 0.2) is 0 Å². The van der Waals surface area contributed by atoms with Gasteiger partial charge < -0.3 is 49.2 Å². The largest absolute Gasteiger partial charge is 0.459 e. The van der Waals surface area contributed by atoms with Gasteiger partial charge in [0.2, 0.25) is 0 Å². The summed E-state index contributed by atoms with van der Waals surface area (Å²) in [5, 5.41) is 45.8. The molecule has 3 aliphatic heterocycles. The zero-order chi connectivity index (χ0) is 31.2. The fourth-order valence-electron chi connectivity index (χ4n) is 7.33. The van der Waals surface area contributed by atoms with Gasteiger partial charge in [0, 0.05) is 24.5 Å². The third-order valence-electron chi connectivity index (χ3n) is 10.0. The molecule has 3 fully saturated rings. The molecule has 0 spiro atoms. The topological polar surface area (TPSA) is 141 Å². The summed E-state index contributed by atoms with van der Waals surface area (Å²) in [7, 11) is 5.69. The molecule has 41 heavy (non-hydrogen) atoms. The smallest absolute Gasteiger partial charge is 0.314 e. The minimum absolute atomic E-state index is 0.00284. The maximum atomic E-state index is 13.5. The average Bonchev–Trinajstić information content (AvgIpc) is 3.06. The lowest BCUT2D eigenvalue weighted by atomic mass is 9.80. The highest BCUT2D eigenvalue weighted by Crippen LogP contribution is 2.50. The van der Waals surface area contributed by atoms with Crippen molar-refractivity contribution in [3.63, 3.8) is 0 Å². The van der Waals surface area contributed by atoms with Gasteiger partial charge in [-0.1, -0.05) is 20.8 Å². The quantitative estimate of drug-likeness (QED) is 0.354. The van der Waals surface area contributed by atoms with Crippen molar-refractivity contribution in [1.29, 1.82) is 0 Å². The van der Waals surface area contributed by atoms with Gasteiger partial charge in [0.05, 0.1) is 17.8 Å². The molecule has 0 aromatic carbocycles. The summed E-state index contributed by atoms with van der Waals surface area (Å²) in [5.41, 5.74) is -2.79. The number of ether oxygens (including phenoxy) is 4. The van der Waals surface area contributed by atoms with Gasteiger partial charge in [0.25, 0.3) is 0 Å². The third-order valence-corrected chi connectivity index (χ3v) is 10.0. The van der Waals surface area contributed by atoms with E-state index in [-0.39, 0.29) is 24.5 Å². The summed E-state index contributed by atoms with van der Waals surface area (Å²) in [6, 6.07) is -0.628. The van der Waals surface area contributed by atoms with Crippen molar-refractivity contribution in [2.75, 3.05) is 27.7 Å². The van der Waals surface area contributed by atoms with Crippen molar-refractivity contribution >= 4 is 5.97 Å². The van der Waals surface area contributed by atoms with Gasteiger partial charge in [0.1, 0.15) is 29.8 Å². The van der Waals surface area contributed by atoms with E-state index < -0.39 is 71.5 Å². The first-order chi connectivity index (χ1) is 18.8.